The third-order valence-corrected chi connectivity index (χ3v) is 4.50. The number of rotatable bonds is 0. The lowest BCUT2D eigenvalue weighted by molar-refractivity contribution is 0.724. The fourth-order valence-electron chi connectivity index (χ4n) is 2.32. The molecule has 1 heteroatoms. The van der Waals surface area contributed by atoms with Gasteiger partial charge in [-0.2, -0.15) is 0 Å². The summed E-state index contributed by atoms with van der Waals surface area (Å²) in [6.07, 6.45) is 5.83. The van der Waals surface area contributed by atoms with Gasteiger partial charge < -0.3 is 0 Å². The van der Waals surface area contributed by atoms with Gasteiger partial charge in [-0.25, -0.2) is 0 Å². The zero-order chi connectivity index (χ0) is 10.4. The first-order valence-corrected chi connectivity index (χ1v) is 6.26. The first kappa shape index (κ1) is 9.17. The first-order valence-electron chi connectivity index (χ1n) is 5.45. The second-order valence-corrected chi connectivity index (χ2v) is 5.49. The van der Waals surface area contributed by atoms with Crippen LogP contribution in [0.3, 0.4) is 0 Å². The van der Waals surface area contributed by atoms with Gasteiger partial charge in [-0.3, -0.25) is 0 Å². The highest BCUT2D eigenvalue weighted by Crippen LogP contribution is 2.38. The van der Waals surface area contributed by atoms with Crippen molar-refractivity contribution < 1.29 is 0 Å². The van der Waals surface area contributed by atoms with E-state index in [2.05, 4.69) is 44.2 Å². The van der Waals surface area contributed by atoms with Gasteiger partial charge >= 0.3 is 0 Å². The number of hydrogen-bond acceptors (Lipinski definition) is 1. The van der Waals surface area contributed by atoms with Crippen LogP contribution >= 0.6 is 11.3 Å². The van der Waals surface area contributed by atoms with E-state index in [9.17, 15) is 0 Å². The fraction of sp³-hybridized carbons (Fsp3) is 0.286. The molecule has 0 fully saturated rings. The highest BCUT2D eigenvalue weighted by Gasteiger charge is 2.16. The minimum atomic E-state index is 0.691. The van der Waals surface area contributed by atoms with Gasteiger partial charge in [-0.1, -0.05) is 31.2 Å². The zero-order valence-corrected chi connectivity index (χ0v) is 9.90. The molecule has 0 saturated heterocycles. The van der Waals surface area contributed by atoms with Gasteiger partial charge in [0.1, 0.15) is 0 Å². The summed E-state index contributed by atoms with van der Waals surface area (Å²) < 4.78 is 1.47. The molecule has 0 amide bonds. The van der Waals surface area contributed by atoms with Gasteiger partial charge in [0, 0.05) is 9.58 Å². The van der Waals surface area contributed by atoms with Gasteiger partial charge in [0.25, 0.3) is 0 Å². The molecule has 15 heavy (non-hydrogen) atoms. The van der Waals surface area contributed by atoms with Crippen molar-refractivity contribution in [2.75, 3.05) is 0 Å². The summed E-state index contributed by atoms with van der Waals surface area (Å²) in [6.45, 7) is 4.50. The summed E-state index contributed by atoms with van der Waals surface area (Å²) in [6, 6.07) is 6.65. The second kappa shape index (κ2) is 3.21. The Balaban J connectivity index is 2.35. The van der Waals surface area contributed by atoms with Crippen molar-refractivity contribution in [2.24, 2.45) is 5.92 Å². The number of aryl methyl sites for hydroxylation is 1. The highest BCUT2D eigenvalue weighted by molar-refractivity contribution is 7.20. The predicted molar refractivity (Wildman–Crippen MR) is 68.5 cm³/mol. The lowest BCUT2D eigenvalue weighted by Crippen LogP contribution is -2.00. The molecule has 3 rings (SSSR count). The van der Waals surface area contributed by atoms with Crippen molar-refractivity contribution in [3.63, 3.8) is 0 Å². The molecule has 1 unspecified atom stereocenters. The van der Waals surface area contributed by atoms with Gasteiger partial charge in [0.2, 0.25) is 0 Å². The number of fused-ring (bicyclic) bond motifs is 3. The first-order chi connectivity index (χ1) is 7.25. The Morgan fingerprint density at radius 2 is 2.20 bits per heavy atom. The van der Waals surface area contributed by atoms with Gasteiger partial charge in [-0.05, 0) is 41.9 Å². The van der Waals surface area contributed by atoms with Crippen molar-refractivity contribution in [2.45, 2.75) is 20.3 Å². The van der Waals surface area contributed by atoms with E-state index in [-0.39, 0.29) is 0 Å². The summed E-state index contributed by atoms with van der Waals surface area (Å²) in [5.74, 6) is 0.691. The lowest BCUT2D eigenvalue weighted by atomic mass is 9.93. The quantitative estimate of drug-likeness (QED) is 0.609. The van der Waals surface area contributed by atoms with Crippen LogP contribution in [0, 0.1) is 12.8 Å². The molecule has 1 aromatic heterocycles. The van der Waals surface area contributed by atoms with Crippen molar-refractivity contribution in [3.8, 4) is 0 Å². The van der Waals surface area contributed by atoms with Crippen LogP contribution in [0.1, 0.15) is 22.9 Å². The van der Waals surface area contributed by atoms with E-state index in [1.54, 1.807) is 5.56 Å². The maximum absolute atomic E-state index is 2.33. The molecular formula is C14H14S. The zero-order valence-electron chi connectivity index (χ0n) is 9.08. The molecule has 1 heterocycles. The Morgan fingerprint density at radius 1 is 1.33 bits per heavy atom. The second-order valence-electron chi connectivity index (χ2n) is 4.44. The molecule has 1 aliphatic rings. The average Bonchev–Trinajstić information content (AvgIpc) is 2.58. The summed E-state index contributed by atoms with van der Waals surface area (Å²) in [7, 11) is 0. The van der Waals surface area contributed by atoms with Crippen LogP contribution in [-0.4, -0.2) is 0 Å². The third-order valence-electron chi connectivity index (χ3n) is 3.15. The van der Waals surface area contributed by atoms with E-state index in [0.29, 0.717) is 5.92 Å². The van der Waals surface area contributed by atoms with E-state index >= 15 is 0 Å². The number of hydrogen-bond donors (Lipinski definition) is 0. The van der Waals surface area contributed by atoms with Crippen LogP contribution < -0.4 is 0 Å². The summed E-state index contributed by atoms with van der Waals surface area (Å²) in [4.78, 5) is 1.47. The number of allylic oxidation sites excluding steroid dienone is 1. The lowest BCUT2D eigenvalue weighted by Gasteiger charge is -2.11. The van der Waals surface area contributed by atoms with Crippen LogP contribution in [0.25, 0.3) is 16.2 Å². The van der Waals surface area contributed by atoms with Gasteiger partial charge in [-0.15, -0.1) is 11.3 Å². The average molecular weight is 214 g/mol. The Hall–Kier alpha value is -1.08. The summed E-state index contributed by atoms with van der Waals surface area (Å²) in [5.41, 5.74) is 2.97. The predicted octanol–water partition coefficient (Wildman–Crippen LogP) is 4.42. The topological polar surface area (TPSA) is 0 Å². The smallest absolute Gasteiger partial charge is 0.0381 e. The molecule has 0 radical (unpaired) electrons. The maximum atomic E-state index is 2.33. The van der Waals surface area contributed by atoms with Crippen LogP contribution in [0.4, 0.5) is 0 Å². The molecule has 1 aliphatic carbocycles. The molecule has 0 nitrogen and oxygen atoms in total. The highest BCUT2D eigenvalue weighted by atomic mass is 32.1. The third kappa shape index (κ3) is 1.34. The minimum absolute atomic E-state index is 0.691. The normalized spacial score (nSPS) is 19.5. The van der Waals surface area contributed by atoms with Crippen LogP contribution in [0.2, 0.25) is 0 Å². The van der Waals surface area contributed by atoms with E-state index in [1.807, 2.05) is 11.3 Å². The molecule has 0 N–H and O–H groups in total. The van der Waals surface area contributed by atoms with Gasteiger partial charge in [0.15, 0.2) is 0 Å². The molecule has 1 aromatic carbocycles. The maximum Gasteiger partial charge on any atom is 0.0381 e. The van der Waals surface area contributed by atoms with Crippen LogP contribution in [0.15, 0.2) is 24.3 Å². The number of thiophene rings is 1. The van der Waals surface area contributed by atoms with Crippen LogP contribution in [0.5, 0.6) is 0 Å². The molecule has 0 bridgehead atoms. The van der Waals surface area contributed by atoms with E-state index < -0.39 is 0 Å². The molecule has 0 spiro atoms. The molecule has 0 saturated carbocycles. The number of benzene rings is 1. The Labute approximate surface area is 94.2 Å². The van der Waals surface area contributed by atoms with Crippen molar-refractivity contribution >= 4 is 27.5 Å². The van der Waals surface area contributed by atoms with Crippen molar-refractivity contribution in [3.05, 3.63) is 40.3 Å². The van der Waals surface area contributed by atoms with E-state index in [0.717, 1.165) is 0 Å². The fourth-order valence-corrected chi connectivity index (χ4v) is 3.53. The van der Waals surface area contributed by atoms with Gasteiger partial charge in [0.05, 0.1) is 0 Å². The molecule has 76 valence electrons. The molecular weight excluding hydrogens is 200 g/mol. The molecule has 2 aromatic rings. The largest absolute Gasteiger partial charge is 0.135 e. The SMILES string of the molecule is Cc1cccc2c3c(sc12)C=CC(C)C3. The Kier molecular flexibility index (Phi) is 1.96. The van der Waals surface area contributed by atoms with E-state index in [1.165, 1.54) is 26.9 Å². The standard InChI is InChI=1S/C14H14S/c1-9-6-7-13-12(8-9)11-5-3-4-10(2)14(11)15-13/h3-7,9H,8H2,1-2H3. The minimum Gasteiger partial charge on any atom is -0.135 e. The van der Waals surface area contributed by atoms with Crippen molar-refractivity contribution in [1.82, 2.24) is 0 Å². The Bertz CT molecular complexity index is 546. The molecule has 1 atom stereocenters. The van der Waals surface area contributed by atoms with E-state index in [4.69, 9.17) is 0 Å². The Morgan fingerprint density at radius 3 is 3.07 bits per heavy atom. The summed E-state index contributed by atoms with van der Waals surface area (Å²) in [5, 5.41) is 1.48. The monoisotopic (exact) mass is 214 g/mol. The van der Waals surface area contributed by atoms with Crippen molar-refractivity contribution in [1.29, 1.82) is 0 Å². The van der Waals surface area contributed by atoms with Crippen LogP contribution in [-0.2, 0) is 6.42 Å². The molecule has 0 aliphatic heterocycles. The summed E-state index contributed by atoms with van der Waals surface area (Å²) >= 11 is 1.94.